The third-order valence-corrected chi connectivity index (χ3v) is 5.19. The number of carboxylic acid groups (broad SMARTS) is 1. The van der Waals surface area contributed by atoms with E-state index in [2.05, 4.69) is 5.32 Å². The minimum atomic E-state index is -1.07. The van der Waals surface area contributed by atoms with Crippen LogP contribution in [0.2, 0.25) is 0 Å². The van der Waals surface area contributed by atoms with Crippen LogP contribution in [0.5, 0.6) is 0 Å². The molecule has 1 fully saturated rings. The minimum Gasteiger partial charge on any atom is -0.478 e. The lowest BCUT2D eigenvalue weighted by atomic mass is 9.92. The van der Waals surface area contributed by atoms with E-state index >= 15 is 0 Å². The monoisotopic (exact) mass is 458 g/mol. The molecule has 1 unspecified atom stereocenters. The van der Waals surface area contributed by atoms with Crippen LogP contribution in [0.15, 0.2) is 48.1 Å². The molecule has 0 aromatic heterocycles. The van der Waals surface area contributed by atoms with Gasteiger partial charge < -0.3 is 25.2 Å². The van der Waals surface area contributed by atoms with E-state index in [4.69, 9.17) is 9.84 Å². The van der Waals surface area contributed by atoms with Crippen LogP contribution in [-0.4, -0.2) is 63.9 Å². The van der Waals surface area contributed by atoms with Crippen LogP contribution in [0.1, 0.15) is 67.7 Å². The maximum absolute atomic E-state index is 12.8. The van der Waals surface area contributed by atoms with Gasteiger partial charge in [0.25, 0.3) is 5.91 Å². The highest BCUT2D eigenvalue weighted by molar-refractivity contribution is 5.95. The van der Waals surface area contributed by atoms with Gasteiger partial charge in [-0.05, 0) is 64.3 Å². The van der Waals surface area contributed by atoms with Crippen LogP contribution in [0.25, 0.3) is 0 Å². The molecule has 180 valence electrons. The normalized spacial score (nSPS) is 18.9. The Kier molecular flexibility index (Phi) is 9.22. The molecule has 1 aliphatic rings. The highest BCUT2D eigenvalue weighted by atomic mass is 16.6. The van der Waals surface area contributed by atoms with Crippen molar-refractivity contribution in [2.45, 2.75) is 64.7 Å². The molecule has 8 nitrogen and oxygen atoms in total. The molecule has 0 saturated carbocycles. The summed E-state index contributed by atoms with van der Waals surface area (Å²) in [5, 5.41) is 22.6. The standard InChI is InChI=1S/C25H34N2O6/c1-5-6-7-8-17-13-14-27(24(32)33-25(2,3)4)20(15-17)21(28)16-26-22(29)18-9-11-19(12-10-18)23(30)31/h6-12,20-21,28H,5,13-16H2,1-4H3,(H,26,29)(H,30,31)/b7-6-,17-8+/t20-,21?/m0/s1. The van der Waals surface area contributed by atoms with Crippen LogP contribution in [0, 0.1) is 0 Å². The molecule has 33 heavy (non-hydrogen) atoms. The second kappa shape index (κ2) is 11.7. The number of likely N-dealkylation sites (tertiary alicyclic amines) is 1. The van der Waals surface area contributed by atoms with E-state index in [0.717, 1.165) is 12.0 Å². The van der Waals surface area contributed by atoms with E-state index < -0.39 is 35.7 Å². The maximum Gasteiger partial charge on any atom is 0.410 e. The smallest absolute Gasteiger partial charge is 0.410 e. The fourth-order valence-corrected chi connectivity index (χ4v) is 3.49. The highest BCUT2D eigenvalue weighted by Crippen LogP contribution is 2.26. The van der Waals surface area contributed by atoms with Crippen molar-refractivity contribution in [3.05, 3.63) is 59.2 Å². The first-order valence-electron chi connectivity index (χ1n) is 11.2. The van der Waals surface area contributed by atoms with Gasteiger partial charge in [-0.25, -0.2) is 9.59 Å². The molecule has 1 aromatic carbocycles. The summed E-state index contributed by atoms with van der Waals surface area (Å²) in [6, 6.07) is 4.98. The number of aliphatic hydroxyl groups excluding tert-OH is 1. The van der Waals surface area contributed by atoms with Crippen LogP contribution >= 0.6 is 0 Å². The van der Waals surface area contributed by atoms with Crippen LogP contribution in [-0.2, 0) is 4.74 Å². The second-order valence-corrected chi connectivity index (χ2v) is 9.02. The van der Waals surface area contributed by atoms with Gasteiger partial charge in [0.2, 0.25) is 0 Å². The van der Waals surface area contributed by atoms with Gasteiger partial charge >= 0.3 is 12.1 Å². The van der Waals surface area contributed by atoms with Crippen LogP contribution in [0.3, 0.4) is 0 Å². The number of nitrogens with one attached hydrogen (secondary N) is 1. The number of hydrogen-bond acceptors (Lipinski definition) is 5. The number of nitrogens with zero attached hydrogens (tertiary/aromatic N) is 1. The van der Waals surface area contributed by atoms with Gasteiger partial charge in [0.1, 0.15) is 5.60 Å². The van der Waals surface area contributed by atoms with E-state index in [9.17, 15) is 19.5 Å². The van der Waals surface area contributed by atoms with E-state index in [0.29, 0.717) is 19.4 Å². The van der Waals surface area contributed by atoms with Crippen molar-refractivity contribution in [1.82, 2.24) is 10.2 Å². The van der Waals surface area contributed by atoms with Crippen LogP contribution < -0.4 is 5.32 Å². The Labute approximate surface area is 194 Å². The third-order valence-electron chi connectivity index (χ3n) is 5.19. The van der Waals surface area contributed by atoms with E-state index in [1.165, 1.54) is 29.2 Å². The Morgan fingerprint density at radius 1 is 1.21 bits per heavy atom. The molecular formula is C25H34N2O6. The lowest BCUT2D eigenvalue weighted by Gasteiger charge is -2.40. The molecule has 0 spiro atoms. The molecule has 0 bridgehead atoms. The summed E-state index contributed by atoms with van der Waals surface area (Å²) >= 11 is 0. The number of allylic oxidation sites excluding steroid dienone is 3. The van der Waals surface area contributed by atoms with Gasteiger partial charge in [0, 0.05) is 18.7 Å². The Hall–Kier alpha value is -3.13. The maximum atomic E-state index is 12.8. The molecular weight excluding hydrogens is 424 g/mol. The van der Waals surface area contributed by atoms with Crippen molar-refractivity contribution >= 4 is 18.0 Å². The number of carbonyl (C=O) groups excluding carboxylic acids is 2. The molecule has 1 saturated heterocycles. The number of aromatic carboxylic acids is 1. The second-order valence-electron chi connectivity index (χ2n) is 9.02. The Bertz CT molecular complexity index is 898. The number of piperidine rings is 1. The van der Waals surface area contributed by atoms with Crippen molar-refractivity contribution in [2.75, 3.05) is 13.1 Å². The highest BCUT2D eigenvalue weighted by Gasteiger charge is 2.36. The zero-order chi connectivity index (χ0) is 24.6. The van der Waals surface area contributed by atoms with E-state index in [1.54, 1.807) is 20.8 Å². The number of amides is 2. The average molecular weight is 459 g/mol. The number of carbonyl (C=O) groups is 3. The lowest BCUT2D eigenvalue weighted by molar-refractivity contribution is -0.00990. The fraction of sp³-hybridized carbons (Fsp3) is 0.480. The van der Waals surface area contributed by atoms with Crippen molar-refractivity contribution in [3.63, 3.8) is 0 Å². The molecule has 8 heteroatoms. The third kappa shape index (κ3) is 8.05. The predicted octanol–water partition coefficient (Wildman–Crippen LogP) is 3.77. The summed E-state index contributed by atoms with van der Waals surface area (Å²) in [6.07, 6.45) is 6.58. The fourth-order valence-electron chi connectivity index (χ4n) is 3.49. The minimum absolute atomic E-state index is 0.0679. The number of hydrogen-bond donors (Lipinski definition) is 3. The number of ether oxygens (including phenoxy) is 1. The van der Waals surface area contributed by atoms with Gasteiger partial charge in [-0.2, -0.15) is 0 Å². The summed E-state index contributed by atoms with van der Waals surface area (Å²) in [7, 11) is 0. The number of benzene rings is 1. The first-order valence-corrected chi connectivity index (χ1v) is 11.2. The van der Waals surface area contributed by atoms with Gasteiger partial charge in [0.15, 0.2) is 0 Å². The zero-order valence-electron chi connectivity index (χ0n) is 19.7. The number of rotatable bonds is 7. The lowest BCUT2D eigenvalue weighted by Crippen LogP contribution is -2.54. The first-order chi connectivity index (χ1) is 15.5. The molecule has 3 N–H and O–H groups in total. The van der Waals surface area contributed by atoms with Gasteiger partial charge in [-0.1, -0.05) is 30.7 Å². The Morgan fingerprint density at radius 2 is 1.85 bits per heavy atom. The summed E-state index contributed by atoms with van der Waals surface area (Å²) in [4.78, 5) is 37.7. The number of aliphatic hydroxyl groups is 1. The molecule has 2 rings (SSSR count). The molecule has 1 aliphatic heterocycles. The Morgan fingerprint density at radius 3 is 2.42 bits per heavy atom. The average Bonchev–Trinajstić information content (AvgIpc) is 2.76. The molecule has 0 radical (unpaired) electrons. The summed E-state index contributed by atoms with van der Waals surface area (Å²) in [5.41, 5.74) is 0.811. The van der Waals surface area contributed by atoms with Gasteiger partial charge in [-0.3, -0.25) is 4.79 Å². The molecule has 2 atom stereocenters. The van der Waals surface area contributed by atoms with Gasteiger partial charge in [-0.15, -0.1) is 0 Å². The van der Waals surface area contributed by atoms with E-state index in [1.807, 2.05) is 25.2 Å². The SMILES string of the molecule is CC/C=C\C=C1/CCN(C(=O)OC(C)(C)C)[C@H](C(O)CNC(=O)c2ccc(C(=O)O)cc2)C1. The molecule has 1 heterocycles. The van der Waals surface area contributed by atoms with Crippen molar-refractivity contribution in [2.24, 2.45) is 0 Å². The zero-order valence-corrected chi connectivity index (χ0v) is 19.7. The first kappa shape index (κ1) is 26.1. The molecule has 0 aliphatic carbocycles. The summed E-state index contributed by atoms with van der Waals surface area (Å²) in [5.74, 6) is -1.51. The summed E-state index contributed by atoms with van der Waals surface area (Å²) < 4.78 is 5.52. The van der Waals surface area contributed by atoms with E-state index in [-0.39, 0.29) is 17.7 Å². The quantitative estimate of drug-likeness (QED) is 0.573. The largest absolute Gasteiger partial charge is 0.478 e. The Balaban J connectivity index is 2.10. The topological polar surface area (TPSA) is 116 Å². The van der Waals surface area contributed by atoms with Crippen LogP contribution in [0.4, 0.5) is 4.79 Å². The predicted molar refractivity (Wildman–Crippen MR) is 125 cm³/mol. The van der Waals surface area contributed by atoms with Crippen molar-refractivity contribution < 1.29 is 29.3 Å². The van der Waals surface area contributed by atoms with Crippen molar-refractivity contribution in [3.8, 4) is 0 Å². The molecule has 1 aromatic rings. The number of carboxylic acids is 1. The van der Waals surface area contributed by atoms with Gasteiger partial charge in [0.05, 0.1) is 17.7 Å². The molecule has 2 amide bonds. The summed E-state index contributed by atoms with van der Waals surface area (Å²) in [6.45, 7) is 7.75. The van der Waals surface area contributed by atoms with Crippen molar-refractivity contribution in [1.29, 1.82) is 0 Å².